The standard InChI is InChI=1S/C11H15N3O/c12-5-8-6-14(7-8)11(15)9-1-3-10(13)4-2-9/h1-4,8H,5-7,12-13H2. The van der Waals surface area contributed by atoms with E-state index in [1.165, 1.54) is 0 Å². The smallest absolute Gasteiger partial charge is 0.253 e. The van der Waals surface area contributed by atoms with Crippen LogP contribution in [-0.4, -0.2) is 30.4 Å². The lowest BCUT2D eigenvalue weighted by Gasteiger charge is -2.38. The molecule has 0 radical (unpaired) electrons. The Balaban J connectivity index is 2.00. The van der Waals surface area contributed by atoms with Crippen LogP contribution in [0, 0.1) is 5.92 Å². The fraction of sp³-hybridized carbons (Fsp3) is 0.364. The number of likely N-dealkylation sites (tertiary alicyclic amines) is 1. The van der Waals surface area contributed by atoms with Crippen molar-refractivity contribution < 1.29 is 4.79 Å². The van der Waals surface area contributed by atoms with Gasteiger partial charge in [-0.3, -0.25) is 4.79 Å². The molecule has 15 heavy (non-hydrogen) atoms. The molecule has 1 aromatic carbocycles. The Morgan fingerprint density at radius 1 is 1.33 bits per heavy atom. The van der Waals surface area contributed by atoms with Crippen LogP contribution in [0.1, 0.15) is 10.4 Å². The van der Waals surface area contributed by atoms with Gasteiger partial charge in [0.15, 0.2) is 0 Å². The van der Waals surface area contributed by atoms with E-state index in [2.05, 4.69) is 0 Å². The van der Waals surface area contributed by atoms with Gasteiger partial charge in [-0.15, -0.1) is 0 Å². The minimum atomic E-state index is 0.0692. The topological polar surface area (TPSA) is 72.3 Å². The molecule has 1 heterocycles. The van der Waals surface area contributed by atoms with Crippen molar-refractivity contribution in [2.75, 3.05) is 25.4 Å². The summed E-state index contributed by atoms with van der Waals surface area (Å²) in [6, 6.07) is 7.00. The molecule has 2 rings (SSSR count). The SMILES string of the molecule is NCC1CN(C(=O)c2ccc(N)cc2)C1. The number of carbonyl (C=O) groups excluding carboxylic acids is 1. The van der Waals surface area contributed by atoms with Crippen molar-refractivity contribution in [2.24, 2.45) is 11.7 Å². The average molecular weight is 205 g/mol. The number of nitrogens with zero attached hydrogens (tertiary/aromatic N) is 1. The molecular weight excluding hydrogens is 190 g/mol. The van der Waals surface area contributed by atoms with Crippen LogP contribution in [0.4, 0.5) is 5.69 Å². The van der Waals surface area contributed by atoms with Gasteiger partial charge >= 0.3 is 0 Å². The number of carbonyl (C=O) groups is 1. The van der Waals surface area contributed by atoms with Crippen molar-refractivity contribution in [1.82, 2.24) is 4.90 Å². The van der Waals surface area contributed by atoms with E-state index >= 15 is 0 Å². The van der Waals surface area contributed by atoms with Gasteiger partial charge in [-0.05, 0) is 30.8 Å². The molecule has 0 aliphatic carbocycles. The monoisotopic (exact) mass is 205 g/mol. The third-order valence-electron chi connectivity index (χ3n) is 2.74. The number of hydrogen-bond donors (Lipinski definition) is 2. The summed E-state index contributed by atoms with van der Waals surface area (Å²) < 4.78 is 0. The first-order valence-electron chi connectivity index (χ1n) is 5.05. The van der Waals surface area contributed by atoms with E-state index in [-0.39, 0.29) is 5.91 Å². The molecule has 0 atom stereocenters. The quantitative estimate of drug-likeness (QED) is 0.682. The van der Waals surface area contributed by atoms with E-state index in [0.29, 0.717) is 23.7 Å². The highest BCUT2D eigenvalue weighted by molar-refractivity contribution is 5.95. The maximum Gasteiger partial charge on any atom is 0.253 e. The lowest BCUT2D eigenvalue weighted by molar-refractivity contribution is 0.0515. The average Bonchev–Trinajstić information content (AvgIpc) is 2.17. The number of anilines is 1. The van der Waals surface area contributed by atoms with E-state index in [1.54, 1.807) is 24.3 Å². The number of benzene rings is 1. The molecular formula is C11H15N3O. The van der Waals surface area contributed by atoms with Gasteiger partial charge in [0.1, 0.15) is 0 Å². The Morgan fingerprint density at radius 2 is 1.93 bits per heavy atom. The summed E-state index contributed by atoms with van der Waals surface area (Å²) in [5.41, 5.74) is 12.4. The van der Waals surface area contributed by atoms with Crippen LogP contribution < -0.4 is 11.5 Å². The zero-order valence-electron chi connectivity index (χ0n) is 8.52. The Bertz CT molecular complexity index is 355. The van der Waals surface area contributed by atoms with Crippen LogP contribution in [0.25, 0.3) is 0 Å². The zero-order valence-corrected chi connectivity index (χ0v) is 8.52. The number of nitrogens with two attached hydrogens (primary N) is 2. The van der Waals surface area contributed by atoms with Crippen molar-refractivity contribution in [3.05, 3.63) is 29.8 Å². The first-order valence-corrected chi connectivity index (χ1v) is 5.05. The molecule has 0 spiro atoms. The molecule has 1 saturated heterocycles. The highest BCUT2D eigenvalue weighted by atomic mass is 16.2. The van der Waals surface area contributed by atoms with Crippen LogP contribution in [0.5, 0.6) is 0 Å². The van der Waals surface area contributed by atoms with Crippen molar-refractivity contribution in [1.29, 1.82) is 0 Å². The van der Waals surface area contributed by atoms with Gasteiger partial charge in [-0.1, -0.05) is 0 Å². The summed E-state index contributed by atoms with van der Waals surface area (Å²) in [5.74, 6) is 0.544. The maximum atomic E-state index is 11.8. The van der Waals surface area contributed by atoms with Crippen molar-refractivity contribution >= 4 is 11.6 Å². The van der Waals surface area contributed by atoms with Crippen molar-refractivity contribution in [2.45, 2.75) is 0 Å². The number of hydrogen-bond acceptors (Lipinski definition) is 3. The van der Waals surface area contributed by atoms with Crippen LogP contribution >= 0.6 is 0 Å². The molecule has 1 amide bonds. The van der Waals surface area contributed by atoms with Crippen molar-refractivity contribution in [3.63, 3.8) is 0 Å². The predicted octanol–water partition coefficient (Wildman–Crippen LogP) is 0.299. The Morgan fingerprint density at radius 3 is 2.47 bits per heavy atom. The molecule has 1 aromatic rings. The van der Waals surface area contributed by atoms with E-state index in [4.69, 9.17) is 11.5 Å². The van der Waals surface area contributed by atoms with Crippen LogP contribution in [0.15, 0.2) is 24.3 Å². The highest BCUT2D eigenvalue weighted by Crippen LogP contribution is 2.18. The summed E-state index contributed by atoms with van der Waals surface area (Å²) >= 11 is 0. The van der Waals surface area contributed by atoms with Gasteiger partial charge in [0.2, 0.25) is 0 Å². The van der Waals surface area contributed by atoms with E-state index in [0.717, 1.165) is 13.1 Å². The Hall–Kier alpha value is -1.55. The third kappa shape index (κ3) is 1.94. The summed E-state index contributed by atoms with van der Waals surface area (Å²) in [6.07, 6.45) is 0. The molecule has 1 aliphatic rings. The van der Waals surface area contributed by atoms with Crippen LogP contribution in [-0.2, 0) is 0 Å². The van der Waals surface area contributed by atoms with Gasteiger partial charge < -0.3 is 16.4 Å². The van der Waals surface area contributed by atoms with Gasteiger partial charge in [-0.25, -0.2) is 0 Å². The fourth-order valence-corrected chi connectivity index (χ4v) is 1.69. The molecule has 0 bridgehead atoms. The molecule has 0 aromatic heterocycles. The number of rotatable bonds is 2. The Labute approximate surface area is 88.9 Å². The first-order chi connectivity index (χ1) is 7.20. The maximum absolute atomic E-state index is 11.8. The zero-order chi connectivity index (χ0) is 10.8. The summed E-state index contributed by atoms with van der Waals surface area (Å²) in [5, 5.41) is 0. The lowest BCUT2D eigenvalue weighted by atomic mass is 9.99. The molecule has 1 fully saturated rings. The van der Waals surface area contributed by atoms with Gasteiger partial charge in [0.05, 0.1) is 0 Å². The minimum absolute atomic E-state index is 0.0692. The number of amides is 1. The Kier molecular flexibility index (Phi) is 2.60. The van der Waals surface area contributed by atoms with E-state index < -0.39 is 0 Å². The molecule has 0 saturated carbocycles. The molecule has 80 valence electrons. The van der Waals surface area contributed by atoms with Gasteiger partial charge in [0.25, 0.3) is 5.91 Å². The second kappa shape index (κ2) is 3.90. The molecule has 4 heteroatoms. The number of nitrogen functional groups attached to an aromatic ring is 1. The third-order valence-corrected chi connectivity index (χ3v) is 2.74. The van der Waals surface area contributed by atoms with Crippen molar-refractivity contribution in [3.8, 4) is 0 Å². The molecule has 1 aliphatic heterocycles. The lowest BCUT2D eigenvalue weighted by Crippen LogP contribution is -2.52. The second-order valence-corrected chi connectivity index (χ2v) is 3.93. The van der Waals surface area contributed by atoms with Gasteiger partial charge in [-0.2, -0.15) is 0 Å². The normalized spacial score (nSPS) is 16.2. The van der Waals surface area contributed by atoms with E-state index in [1.807, 2.05) is 4.90 Å². The molecule has 4 nitrogen and oxygen atoms in total. The summed E-state index contributed by atoms with van der Waals surface area (Å²) in [7, 11) is 0. The highest BCUT2D eigenvalue weighted by Gasteiger charge is 2.29. The largest absolute Gasteiger partial charge is 0.399 e. The summed E-state index contributed by atoms with van der Waals surface area (Å²) in [4.78, 5) is 13.7. The first kappa shape index (κ1) is 9.98. The molecule has 0 unspecified atom stereocenters. The predicted molar refractivity (Wildman–Crippen MR) is 59.3 cm³/mol. The minimum Gasteiger partial charge on any atom is -0.399 e. The van der Waals surface area contributed by atoms with Crippen LogP contribution in [0.2, 0.25) is 0 Å². The fourth-order valence-electron chi connectivity index (χ4n) is 1.69. The van der Waals surface area contributed by atoms with Gasteiger partial charge in [0, 0.05) is 30.3 Å². The van der Waals surface area contributed by atoms with E-state index in [9.17, 15) is 4.79 Å². The van der Waals surface area contributed by atoms with Crippen LogP contribution in [0.3, 0.4) is 0 Å². The summed E-state index contributed by atoms with van der Waals surface area (Å²) in [6.45, 7) is 2.21. The second-order valence-electron chi connectivity index (χ2n) is 3.93. The molecule has 4 N–H and O–H groups in total.